The molecule has 2 aromatic rings. The van der Waals surface area contributed by atoms with Gasteiger partial charge in [0.25, 0.3) is 0 Å². The van der Waals surface area contributed by atoms with Crippen molar-refractivity contribution >= 4 is 22.7 Å². The second kappa shape index (κ2) is 3.84. The van der Waals surface area contributed by atoms with E-state index in [9.17, 15) is 9.59 Å². The third kappa shape index (κ3) is 1.62. The molecule has 1 unspecified atom stereocenters. The minimum Gasteiger partial charge on any atom is -0.481 e. The molecule has 0 spiro atoms. The first-order valence-corrected chi connectivity index (χ1v) is 5.60. The van der Waals surface area contributed by atoms with Crippen LogP contribution in [-0.2, 0) is 9.53 Å². The van der Waals surface area contributed by atoms with Gasteiger partial charge in [-0.3, -0.25) is 4.79 Å². The Labute approximate surface area is 103 Å². The Morgan fingerprint density at radius 2 is 1.89 bits per heavy atom. The summed E-state index contributed by atoms with van der Waals surface area (Å²) in [6.45, 7) is 0. The second-order valence-corrected chi connectivity index (χ2v) is 4.28. The van der Waals surface area contributed by atoms with E-state index in [1.807, 2.05) is 30.3 Å². The van der Waals surface area contributed by atoms with Crippen molar-refractivity contribution in [1.82, 2.24) is 0 Å². The summed E-state index contributed by atoms with van der Waals surface area (Å²) >= 11 is 0. The van der Waals surface area contributed by atoms with Crippen LogP contribution in [-0.4, -0.2) is 17.0 Å². The molecule has 0 amide bonds. The monoisotopic (exact) mass is 242 g/mol. The number of carboxylic acids is 1. The fourth-order valence-corrected chi connectivity index (χ4v) is 2.27. The minimum atomic E-state index is -0.978. The van der Waals surface area contributed by atoms with Crippen LogP contribution in [0, 0.1) is 0 Å². The number of carboxylic acid groups (broad SMARTS) is 1. The molecule has 90 valence electrons. The van der Waals surface area contributed by atoms with Crippen molar-refractivity contribution in [3.05, 3.63) is 47.5 Å². The highest BCUT2D eigenvalue weighted by atomic mass is 16.5. The van der Waals surface area contributed by atoms with Gasteiger partial charge in [-0.1, -0.05) is 24.3 Å². The first-order chi connectivity index (χ1) is 8.65. The summed E-state index contributed by atoms with van der Waals surface area (Å²) in [6.07, 6.45) is -0.869. The van der Waals surface area contributed by atoms with Crippen LogP contribution in [0.5, 0.6) is 0 Å². The third-order valence-electron chi connectivity index (χ3n) is 3.09. The molecule has 1 N–H and O–H groups in total. The van der Waals surface area contributed by atoms with Gasteiger partial charge in [0.15, 0.2) is 0 Å². The van der Waals surface area contributed by atoms with Gasteiger partial charge in [0.1, 0.15) is 6.10 Å². The molecule has 0 aliphatic carbocycles. The van der Waals surface area contributed by atoms with Gasteiger partial charge < -0.3 is 9.84 Å². The highest BCUT2D eigenvalue weighted by Gasteiger charge is 2.32. The molecule has 0 aromatic heterocycles. The summed E-state index contributed by atoms with van der Waals surface area (Å²) in [5.74, 6) is -1.42. The van der Waals surface area contributed by atoms with Crippen molar-refractivity contribution in [1.29, 1.82) is 0 Å². The summed E-state index contributed by atoms with van der Waals surface area (Å²) < 4.78 is 5.09. The Morgan fingerprint density at radius 3 is 2.56 bits per heavy atom. The van der Waals surface area contributed by atoms with Crippen molar-refractivity contribution < 1.29 is 19.4 Å². The number of rotatable bonds is 2. The van der Waals surface area contributed by atoms with Crippen molar-refractivity contribution in [3.8, 4) is 0 Å². The Morgan fingerprint density at radius 1 is 1.22 bits per heavy atom. The smallest absolute Gasteiger partial charge is 0.339 e. The summed E-state index contributed by atoms with van der Waals surface area (Å²) in [4.78, 5) is 22.4. The Kier molecular flexibility index (Phi) is 2.30. The van der Waals surface area contributed by atoms with Gasteiger partial charge in [0.05, 0.1) is 12.0 Å². The molecule has 3 rings (SSSR count). The maximum atomic E-state index is 11.7. The molecule has 0 radical (unpaired) electrons. The predicted octanol–water partition coefficient (Wildman–Crippen LogP) is 2.53. The lowest BCUT2D eigenvalue weighted by molar-refractivity contribution is -0.139. The number of fused-ring (bicyclic) bond motifs is 2. The van der Waals surface area contributed by atoms with Crippen LogP contribution in [0.25, 0.3) is 10.8 Å². The van der Waals surface area contributed by atoms with Crippen molar-refractivity contribution in [2.24, 2.45) is 0 Å². The Balaban J connectivity index is 2.16. The quantitative estimate of drug-likeness (QED) is 0.822. The maximum absolute atomic E-state index is 11.7. The number of benzene rings is 2. The lowest BCUT2D eigenvalue weighted by Gasteiger charge is -2.07. The molecule has 0 bridgehead atoms. The zero-order valence-corrected chi connectivity index (χ0v) is 9.42. The second-order valence-electron chi connectivity index (χ2n) is 4.28. The number of esters is 1. The first-order valence-electron chi connectivity index (χ1n) is 5.60. The van der Waals surface area contributed by atoms with Crippen LogP contribution in [0.1, 0.15) is 28.4 Å². The van der Waals surface area contributed by atoms with Crippen molar-refractivity contribution in [2.75, 3.05) is 0 Å². The summed E-state index contributed by atoms with van der Waals surface area (Å²) in [5.41, 5.74) is 1.14. The van der Waals surface area contributed by atoms with E-state index in [0.717, 1.165) is 10.8 Å². The standard InChI is InChI=1S/C14H10O4/c15-13(16)7-12-10-5-8-3-1-2-4-9(8)6-11(10)14(17)18-12/h1-6,12H,7H2,(H,15,16). The zero-order valence-electron chi connectivity index (χ0n) is 9.42. The van der Waals surface area contributed by atoms with Crippen LogP contribution in [0.15, 0.2) is 36.4 Å². The average Bonchev–Trinajstić information content (AvgIpc) is 2.63. The van der Waals surface area contributed by atoms with Crippen LogP contribution < -0.4 is 0 Å². The highest BCUT2D eigenvalue weighted by molar-refractivity contribution is 5.99. The van der Waals surface area contributed by atoms with E-state index >= 15 is 0 Å². The number of carbonyl (C=O) groups is 2. The molecular weight excluding hydrogens is 232 g/mol. The Bertz CT molecular complexity index is 660. The van der Waals surface area contributed by atoms with E-state index in [1.165, 1.54) is 0 Å². The van der Waals surface area contributed by atoms with E-state index < -0.39 is 18.0 Å². The molecule has 0 saturated heterocycles. The third-order valence-corrected chi connectivity index (χ3v) is 3.09. The average molecular weight is 242 g/mol. The lowest BCUT2D eigenvalue weighted by atomic mass is 9.98. The van der Waals surface area contributed by atoms with Crippen LogP contribution >= 0.6 is 0 Å². The number of cyclic esters (lactones) is 1. The molecule has 1 heterocycles. The summed E-state index contributed by atoms with van der Waals surface area (Å²) in [7, 11) is 0. The first kappa shape index (κ1) is 10.8. The van der Waals surface area contributed by atoms with Crippen LogP contribution in [0.3, 0.4) is 0 Å². The van der Waals surface area contributed by atoms with E-state index in [0.29, 0.717) is 11.1 Å². The van der Waals surface area contributed by atoms with Crippen molar-refractivity contribution in [2.45, 2.75) is 12.5 Å². The zero-order chi connectivity index (χ0) is 12.7. The highest BCUT2D eigenvalue weighted by Crippen LogP contribution is 2.35. The largest absolute Gasteiger partial charge is 0.481 e. The fourth-order valence-electron chi connectivity index (χ4n) is 2.27. The van der Waals surface area contributed by atoms with Crippen LogP contribution in [0.4, 0.5) is 0 Å². The SMILES string of the molecule is O=C(O)CC1OC(=O)c2cc3ccccc3cc21. The van der Waals surface area contributed by atoms with E-state index in [2.05, 4.69) is 0 Å². The van der Waals surface area contributed by atoms with Gasteiger partial charge >= 0.3 is 11.9 Å². The van der Waals surface area contributed by atoms with Gasteiger partial charge in [-0.05, 0) is 22.9 Å². The van der Waals surface area contributed by atoms with Crippen molar-refractivity contribution in [3.63, 3.8) is 0 Å². The fraction of sp³-hybridized carbons (Fsp3) is 0.143. The maximum Gasteiger partial charge on any atom is 0.339 e. The number of carbonyl (C=O) groups excluding carboxylic acids is 1. The van der Waals surface area contributed by atoms with Gasteiger partial charge in [-0.2, -0.15) is 0 Å². The molecule has 1 aliphatic heterocycles. The van der Waals surface area contributed by atoms with E-state index in [1.54, 1.807) is 6.07 Å². The van der Waals surface area contributed by atoms with E-state index in [4.69, 9.17) is 9.84 Å². The number of hydrogen-bond donors (Lipinski definition) is 1. The minimum absolute atomic E-state index is 0.197. The number of ether oxygens (including phenoxy) is 1. The molecule has 1 atom stereocenters. The molecule has 0 fully saturated rings. The topological polar surface area (TPSA) is 63.6 Å². The van der Waals surface area contributed by atoms with Gasteiger partial charge in [0.2, 0.25) is 0 Å². The summed E-state index contributed by atoms with van der Waals surface area (Å²) in [5, 5.41) is 10.7. The normalized spacial score (nSPS) is 17.6. The number of hydrogen-bond acceptors (Lipinski definition) is 3. The molecule has 1 aliphatic rings. The molecule has 2 aromatic carbocycles. The molecular formula is C14H10O4. The lowest BCUT2D eigenvalue weighted by Crippen LogP contribution is -2.05. The predicted molar refractivity (Wildman–Crippen MR) is 64.4 cm³/mol. The van der Waals surface area contributed by atoms with Gasteiger partial charge in [-0.25, -0.2) is 4.79 Å². The Hall–Kier alpha value is -2.36. The van der Waals surface area contributed by atoms with E-state index in [-0.39, 0.29) is 6.42 Å². The molecule has 18 heavy (non-hydrogen) atoms. The molecule has 4 nitrogen and oxygen atoms in total. The number of aliphatic carboxylic acids is 1. The van der Waals surface area contributed by atoms with Crippen LogP contribution in [0.2, 0.25) is 0 Å². The molecule has 0 saturated carbocycles. The van der Waals surface area contributed by atoms with Gasteiger partial charge in [0, 0.05) is 5.56 Å². The molecule has 4 heteroatoms. The van der Waals surface area contributed by atoms with Gasteiger partial charge in [-0.15, -0.1) is 0 Å². The summed E-state index contributed by atoms with van der Waals surface area (Å²) in [6, 6.07) is 11.2.